The molecule has 10 nitrogen and oxygen atoms in total. The summed E-state index contributed by atoms with van der Waals surface area (Å²) in [7, 11) is -3.32. The molecule has 0 atom stereocenters. The average Bonchev–Trinajstić information content (AvgIpc) is 3.28. The first-order valence-electron chi connectivity index (χ1n) is 13.2. The summed E-state index contributed by atoms with van der Waals surface area (Å²) >= 11 is 1.52. The van der Waals surface area contributed by atoms with Crippen LogP contribution in [0.15, 0.2) is 18.2 Å². The molecule has 3 heterocycles. The summed E-state index contributed by atoms with van der Waals surface area (Å²) in [6, 6.07) is 6.10. The standard InChI is InChI=1S/C25H36N4O6S2/c30-15-2-16-37(32,33)29-13-11-27(12-14-29)20-5-6-22-23(17-20)36-24(26-22)35-21-7-9-28(10-8-21)25(31)34-18-19-3-1-4-19/h5-6,17,19,21,30H,1-4,7-16,18H2. The van der Waals surface area contributed by atoms with E-state index < -0.39 is 10.0 Å². The Morgan fingerprint density at radius 2 is 1.84 bits per heavy atom. The highest BCUT2D eigenvalue weighted by Gasteiger charge is 2.28. The normalized spacial score (nSPS) is 20.2. The van der Waals surface area contributed by atoms with E-state index >= 15 is 0 Å². The zero-order valence-electron chi connectivity index (χ0n) is 21.1. The molecule has 1 N–H and O–H groups in total. The number of likely N-dealkylation sites (tertiary alicyclic amines) is 1. The number of aliphatic hydroxyl groups is 1. The fraction of sp³-hybridized carbons (Fsp3) is 0.680. The van der Waals surface area contributed by atoms with Crippen LogP contribution in [0.3, 0.4) is 0 Å². The van der Waals surface area contributed by atoms with Crippen LogP contribution in [0.2, 0.25) is 0 Å². The number of nitrogens with zero attached hydrogens (tertiary/aromatic N) is 4. The van der Waals surface area contributed by atoms with Gasteiger partial charge in [-0.1, -0.05) is 17.8 Å². The SMILES string of the molecule is O=C(OCC1CCC1)N1CCC(Oc2nc3ccc(N4CCN(S(=O)(=O)CCCO)CC4)cc3s2)CC1. The number of thiazole rings is 1. The smallest absolute Gasteiger partial charge is 0.409 e. The van der Waals surface area contributed by atoms with E-state index in [1.54, 1.807) is 4.90 Å². The van der Waals surface area contributed by atoms with Crippen molar-refractivity contribution >= 4 is 43.4 Å². The number of aromatic nitrogens is 1. The van der Waals surface area contributed by atoms with Crippen molar-refractivity contribution in [2.24, 2.45) is 5.92 Å². The van der Waals surface area contributed by atoms with Gasteiger partial charge in [-0.15, -0.1) is 0 Å². The molecule has 2 aromatic rings. The average molecular weight is 553 g/mol. The number of sulfonamides is 1. The summed E-state index contributed by atoms with van der Waals surface area (Å²) in [5.74, 6) is 0.537. The van der Waals surface area contributed by atoms with Gasteiger partial charge in [-0.25, -0.2) is 18.2 Å². The number of anilines is 1. The molecule has 37 heavy (non-hydrogen) atoms. The number of fused-ring (bicyclic) bond motifs is 1. The van der Waals surface area contributed by atoms with E-state index in [1.807, 2.05) is 12.1 Å². The monoisotopic (exact) mass is 552 g/mol. The molecule has 1 saturated carbocycles. The highest BCUT2D eigenvalue weighted by atomic mass is 32.2. The number of ether oxygens (including phenoxy) is 2. The lowest BCUT2D eigenvalue weighted by molar-refractivity contribution is 0.0500. The fourth-order valence-electron chi connectivity index (χ4n) is 4.98. The Hall–Kier alpha value is -2.15. The van der Waals surface area contributed by atoms with Gasteiger partial charge in [-0.3, -0.25) is 0 Å². The van der Waals surface area contributed by atoms with Crippen molar-refractivity contribution < 1.29 is 27.8 Å². The second-order valence-electron chi connectivity index (χ2n) is 10.1. The number of aliphatic hydroxyl groups excluding tert-OH is 1. The van der Waals surface area contributed by atoms with Gasteiger partial charge in [-0.2, -0.15) is 4.31 Å². The summed E-state index contributed by atoms with van der Waals surface area (Å²) in [6.07, 6.45) is 5.17. The molecule has 0 bridgehead atoms. The van der Waals surface area contributed by atoms with E-state index in [9.17, 15) is 13.2 Å². The van der Waals surface area contributed by atoms with Crippen LogP contribution in [0, 0.1) is 5.92 Å². The Balaban J connectivity index is 1.11. The number of piperidine rings is 1. The number of amides is 1. The molecule has 1 aromatic heterocycles. The first-order valence-corrected chi connectivity index (χ1v) is 15.7. The number of carbonyl (C=O) groups excluding carboxylic acids is 1. The van der Waals surface area contributed by atoms with Gasteiger partial charge in [-0.05, 0) is 43.4 Å². The summed E-state index contributed by atoms with van der Waals surface area (Å²) < 4.78 is 39.0. The first kappa shape index (κ1) is 26.5. The van der Waals surface area contributed by atoms with Crippen molar-refractivity contribution in [3.05, 3.63) is 18.2 Å². The molecule has 5 rings (SSSR count). The predicted molar refractivity (Wildman–Crippen MR) is 143 cm³/mol. The van der Waals surface area contributed by atoms with Gasteiger partial charge in [0.2, 0.25) is 10.0 Å². The van der Waals surface area contributed by atoms with Crippen molar-refractivity contribution in [3.8, 4) is 5.19 Å². The third kappa shape index (κ3) is 6.47. The summed E-state index contributed by atoms with van der Waals surface area (Å²) in [4.78, 5) is 20.9. The molecule has 204 valence electrons. The van der Waals surface area contributed by atoms with Crippen LogP contribution in [0.4, 0.5) is 10.5 Å². The lowest BCUT2D eigenvalue weighted by Crippen LogP contribution is -2.49. The predicted octanol–water partition coefficient (Wildman–Crippen LogP) is 2.91. The Kier molecular flexibility index (Phi) is 8.37. The summed E-state index contributed by atoms with van der Waals surface area (Å²) in [5, 5.41) is 9.59. The number of piperazine rings is 1. The van der Waals surface area contributed by atoms with Crippen LogP contribution < -0.4 is 9.64 Å². The molecule has 0 unspecified atom stereocenters. The van der Waals surface area contributed by atoms with Crippen LogP contribution in [0.25, 0.3) is 10.2 Å². The Labute approximate surface area is 222 Å². The number of rotatable bonds is 9. The zero-order valence-corrected chi connectivity index (χ0v) is 22.7. The van der Waals surface area contributed by atoms with Crippen LogP contribution in [-0.2, 0) is 14.8 Å². The molecule has 3 fully saturated rings. The minimum absolute atomic E-state index is 0.0113. The third-order valence-electron chi connectivity index (χ3n) is 7.54. The molecular weight excluding hydrogens is 516 g/mol. The van der Waals surface area contributed by atoms with Gasteiger partial charge in [0.15, 0.2) is 0 Å². The van der Waals surface area contributed by atoms with E-state index in [-0.39, 0.29) is 31.0 Å². The van der Waals surface area contributed by atoms with E-state index in [0.29, 0.717) is 57.0 Å². The minimum atomic E-state index is -3.32. The highest BCUT2D eigenvalue weighted by Crippen LogP contribution is 2.33. The van der Waals surface area contributed by atoms with Gasteiger partial charge >= 0.3 is 6.09 Å². The van der Waals surface area contributed by atoms with Crippen molar-refractivity contribution in [3.63, 3.8) is 0 Å². The van der Waals surface area contributed by atoms with Crippen molar-refractivity contribution in [1.29, 1.82) is 0 Å². The fourth-order valence-corrected chi connectivity index (χ4v) is 7.36. The second-order valence-corrected chi connectivity index (χ2v) is 13.2. The Morgan fingerprint density at radius 3 is 2.51 bits per heavy atom. The first-order chi connectivity index (χ1) is 17.9. The van der Waals surface area contributed by atoms with E-state index in [2.05, 4.69) is 16.0 Å². The highest BCUT2D eigenvalue weighted by molar-refractivity contribution is 7.89. The molecule has 12 heteroatoms. The molecule has 1 amide bonds. The molecule has 1 aromatic carbocycles. The van der Waals surface area contributed by atoms with Crippen LogP contribution in [0.5, 0.6) is 5.19 Å². The van der Waals surface area contributed by atoms with Crippen molar-refractivity contribution in [2.75, 3.05) is 63.1 Å². The lowest BCUT2D eigenvalue weighted by Gasteiger charge is -2.35. The number of benzene rings is 1. The zero-order chi connectivity index (χ0) is 25.8. The molecule has 3 aliphatic rings. The molecule has 1 aliphatic carbocycles. The second kappa shape index (κ2) is 11.7. The van der Waals surface area contributed by atoms with E-state index in [1.165, 1.54) is 34.9 Å². The van der Waals surface area contributed by atoms with Gasteiger partial charge in [0, 0.05) is 64.4 Å². The van der Waals surface area contributed by atoms with Gasteiger partial charge in [0.1, 0.15) is 6.10 Å². The maximum atomic E-state index is 12.4. The number of hydrogen-bond acceptors (Lipinski definition) is 9. The molecular formula is C25H36N4O6S2. The maximum Gasteiger partial charge on any atom is 0.409 e. The summed E-state index contributed by atoms with van der Waals surface area (Å²) in [5.41, 5.74) is 1.93. The largest absolute Gasteiger partial charge is 0.467 e. The van der Waals surface area contributed by atoms with Crippen molar-refractivity contribution in [2.45, 2.75) is 44.6 Å². The molecule has 2 aliphatic heterocycles. The van der Waals surface area contributed by atoms with Gasteiger partial charge in [0.05, 0.1) is 22.6 Å². The Morgan fingerprint density at radius 1 is 1.08 bits per heavy atom. The van der Waals surface area contributed by atoms with E-state index in [0.717, 1.165) is 28.7 Å². The quantitative estimate of drug-likeness (QED) is 0.505. The minimum Gasteiger partial charge on any atom is -0.467 e. The Bertz CT molecular complexity index is 1170. The van der Waals surface area contributed by atoms with E-state index in [4.69, 9.17) is 14.6 Å². The molecule has 0 spiro atoms. The topological polar surface area (TPSA) is 113 Å². The molecule has 2 saturated heterocycles. The lowest BCUT2D eigenvalue weighted by atomic mass is 9.86. The van der Waals surface area contributed by atoms with Crippen LogP contribution in [-0.4, -0.2) is 98.1 Å². The van der Waals surface area contributed by atoms with Gasteiger partial charge in [0.25, 0.3) is 5.19 Å². The van der Waals surface area contributed by atoms with Gasteiger partial charge < -0.3 is 24.4 Å². The number of carbonyl (C=O) groups is 1. The van der Waals surface area contributed by atoms with Crippen LogP contribution >= 0.6 is 11.3 Å². The maximum absolute atomic E-state index is 12.4. The van der Waals surface area contributed by atoms with Crippen molar-refractivity contribution in [1.82, 2.24) is 14.2 Å². The molecule has 0 radical (unpaired) electrons. The van der Waals surface area contributed by atoms with Crippen LogP contribution in [0.1, 0.15) is 38.5 Å². The number of hydrogen-bond donors (Lipinski definition) is 1. The third-order valence-corrected chi connectivity index (χ3v) is 10.4. The summed E-state index contributed by atoms with van der Waals surface area (Å²) in [6.45, 7) is 3.80.